The van der Waals surface area contributed by atoms with E-state index in [2.05, 4.69) is 15.6 Å². The predicted octanol–water partition coefficient (Wildman–Crippen LogP) is 4.65. The number of anilines is 2. The predicted molar refractivity (Wildman–Crippen MR) is 106 cm³/mol. The van der Waals surface area contributed by atoms with Crippen LogP contribution in [0.15, 0.2) is 48.7 Å². The molecular formula is C20H20ClN3O2. The number of aryl methyl sites for hydroxylation is 1. The molecule has 0 bridgehead atoms. The second-order valence-corrected chi connectivity index (χ2v) is 6.31. The highest BCUT2D eigenvalue weighted by Gasteiger charge is 2.10. The van der Waals surface area contributed by atoms with Gasteiger partial charge in [0.2, 0.25) is 5.91 Å². The van der Waals surface area contributed by atoms with E-state index in [1.807, 2.05) is 37.3 Å². The van der Waals surface area contributed by atoms with E-state index in [-0.39, 0.29) is 5.91 Å². The van der Waals surface area contributed by atoms with Crippen LogP contribution in [-0.4, -0.2) is 24.5 Å². The number of hydrogen-bond donors (Lipinski definition) is 2. The van der Waals surface area contributed by atoms with Gasteiger partial charge in [0.25, 0.3) is 0 Å². The summed E-state index contributed by atoms with van der Waals surface area (Å²) in [7, 11) is 1.55. The lowest BCUT2D eigenvalue weighted by Gasteiger charge is -2.13. The van der Waals surface area contributed by atoms with E-state index in [0.29, 0.717) is 29.4 Å². The maximum absolute atomic E-state index is 12.3. The van der Waals surface area contributed by atoms with Gasteiger partial charge in [0, 0.05) is 35.6 Å². The van der Waals surface area contributed by atoms with Gasteiger partial charge in [0.05, 0.1) is 24.0 Å². The van der Waals surface area contributed by atoms with Crippen molar-refractivity contribution in [3.8, 4) is 5.75 Å². The Morgan fingerprint density at radius 3 is 2.81 bits per heavy atom. The van der Waals surface area contributed by atoms with Crippen LogP contribution in [0.3, 0.4) is 0 Å². The molecule has 26 heavy (non-hydrogen) atoms. The van der Waals surface area contributed by atoms with Crippen LogP contribution >= 0.6 is 11.6 Å². The van der Waals surface area contributed by atoms with Crippen molar-refractivity contribution in [1.82, 2.24) is 4.98 Å². The second kappa shape index (κ2) is 8.06. The van der Waals surface area contributed by atoms with Crippen molar-refractivity contribution in [3.63, 3.8) is 0 Å². The number of nitrogens with zero attached hydrogens (tertiary/aromatic N) is 1. The summed E-state index contributed by atoms with van der Waals surface area (Å²) in [6.45, 7) is 2.38. The number of carbonyl (C=O) groups is 1. The van der Waals surface area contributed by atoms with E-state index in [1.165, 1.54) is 0 Å². The third-order valence-electron chi connectivity index (χ3n) is 4.06. The summed E-state index contributed by atoms with van der Waals surface area (Å²) in [6, 6.07) is 13.4. The minimum Gasteiger partial charge on any atom is -0.495 e. The van der Waals surface area contributed by atoms with Gasteiger partial charge in [0.15, 0.2) is 0 Å². The van der Waals surface area contributed by atoms with Crippen LogP contribution in [0.5, 0.6) is 5.75 Å². The van der Waals surface area contributed by atoms with Crippen LogP contribution in [0.1, 0.15) is 12.0 Å². The quantitative estimate of drug-likeness (QED) is 0.664. The summed E-state index contributed by atoms with van der Waals surface area (Å²) in [5.41, 5.74) is 3.30. The van der Waals surface area contributed by atoms with Gasteiger partial charge >= 0.3 is 0 Å². The SMILES string of the molecule is COc1cc(Cl)c(C)cc1NC(=O)CCNc1cccc2cccnc12. The Kier molecular flexibility index (Phi) is 5.58. The molecule has 2 aromatic carbocycles. The molecule has 0 fully saturated rings. The van der Waals surface area contributed by atoms with Crippen molar-refractivity contribution in [2.24, 2.45) is 0 Å². The van der Waals surface area contributed by atoms with E-state index in [0.717, 1.165) is 22.2 Å². The molecule has 1 heterocycles. The van der Waals surface area contributed by atoms with Crippen LogP contribution in [0.4, 0.5) is 11.4 Å². The molecule has 0 atom stereocenters. The normalized spacial score (nSPS) is 10.6. The van der Waals surface area contributed by atoms with Crippen LogP contribution in [0.2, 0.25) is 5.02 Å². The smallest absolute Gasteiger partial charge is 0.226 e. The molecule has 0 radical (unpaired) electrons. The van der Waals surface area contributed by atoms with Crippen molar-refractivity contribution in [1.29, 1.82) is 0 Å². The van der Waals surface area contributed by atoms with Gasteiger partial charge < -0.3 is 15.4 Å². The lowest BCUT2D eigenvalue weighted by molar-refractivity contribution is -0.116. The van der Waals surface area contributed by atoms with Crippen LogP contribution in [0.25, 0.3) is 10.9 Å². The number of methoxy groups -OCH3 is 1. The third kappa shape index (κ3) is 4.06. The zero-order chi connectivity index (χ0) is 18.5. The maximum atomic E-state index is 12.3. The Labute approximate surface area is 157 Å². The fraction of sp³-hybridized carbons (Fsp3) is 0.200. The summed E-state index contributed by atoms with van der Waals surface area (Å²) in [4.78, 5) is 16.7. The highest BCUT2D eigenvalue weighted by atomic mass is 35.5. The fourth-order valence-electron chi connectivity index (χ4n) is 2.70. The number of nitrogens with one attached hydrogen (secondary N) is 2. The van der Waals surface area contributed by atoms with Crippen molar-refractivity contribution >= 4 is 39.8 Å². The number of para-hydroxylation sites is 1. The molecule has 0 saturated heterocycles. The average molecular weight is 370 g/mol. The molecule has 0 unspecified atom stereocenters. The van der Waals surface area contributed by atoms with Crippen molar-refractivity contribution in [2.45, 2.75) is 13.3 Å². The van der Waals surface area contributed by atoms with Crippen molar-refractivity contribution in [2.75, 3.05) is 24.3 Å². The first kappa shape index (κ1) is 18.0. The van der Waals surface area contributed by atoms with Gasteiger partial charge in [-0.05, 0) is 30.7 Å². The molecule has 2 N–H and O–H groups in total. The molecule has 3 aromatic rings. The molecule has 5 nitrogen and oxygen atoms in total. The first-order valence-corrected chi connectivity index (χ1v) is 8.68. The molecule has 3 rings (SSSR count). The molecule has 134 valence electrons. The molecule has 0 aliphatic carbocycles. The van der Waals surface area contributed by atoms with Gasteiger partial charge in [-0.1, -0.05) is 29.8 Å². The lowest BCUT2D eigenvalue weighted by Crippen LogP contribution is -2.17. The van der Waals surface area contributed by atoms with Gasteiger partial charge in [-0.15, -0.1) is 0 Å². The molecular weight excluding hydrogens is 350 g/mol. The van der Waals surface area contributed by atoms with Crippen LogP contribution in [0, 0.1) is 6.92 Å². The fourth-order valence-corrected chi connectivity index (χ4v) is 2.85. The van der Waals surface area contributed by atoms with Gasteiger partial charge in [-0.2, -0.15) is 0 Å². The minimum atomic E-state index is -0.106. The van der Waals surface area contributed by atoms with E-state index in [9.17, 15) is 4.79 Å². The van der Waals surface area contributed by atoms with Gasteiger partial charge in [-0.25, -0.2) is 0 Å². The van der Waals surface area contributed by atoms with E-state index in [4.69, 9.17) is 16.3 Å². The molecule has 0 spiro atoms. The molecule has 1 amide bonds. The Morgan fingerprint density at radius 2 is 2.00 bits per heavy atom. The van der Waals surface area contributed by atoms with Gasteiger partial charge in [0.1, 0.15) is 5.75 Å². The number of halogens is 1. The van der Waals surface area contributed by atoms with Crippen molar-refractivity contribution in [3.05, 3.63) is 59.2 Å². The molecule has 0 saturated carbocycles. The average Bonchev–Trinajstić information content (AvgIpc) is 2.64. The zero-order valence-electron chi connectivity index (χ0n) is 14.7. The highest BCUT2D eigenvalue weighted by Crippen LogP contribution is 2.31. The summed E-state index contributed by atoms with van der Waals surface area (Å²) in [5, 5.41) is 7.81. The molecule has 0 aliphatic rings. The van der Waals surface area contributed by atoms with Crippen LogP contribution in [-0.2, 0) is 4.79 Å². The summed E-state index contributed by atoms with van der Waals surface area (Å²) >= 11 is 6.09. The van der Waals surface area contributed by atoms with E-state index < -0.39 is 0 Å². The number of rotatable bonds is 6. The number of ether oxygens (including phenoxy) is 1. The third-order valence-corrected chi connectivity index (χ3v) is 4.46. The Balaban J connectivity index is 1.62. The summed E-state index contributed by atoms with van der Waals surface area (Å²) < 4.78 is 5.28. The largest absolute Gasteiger partial charge is 0.495 e. The first-order valence-electron chi connectivity index (χ1n) is 8.30. The van der Waals surface area contributed by atoms with E-state index >= 15 is 0 Å². The summed E-state index contributed by atoms with van der Waals surface area (Å²) in [5.74, 6) is 0.436. The number of benzene rings is 2. The topological polar surface area (TPSA) is 63.2 Å². The number of amides is 1. The highest BCUT2D eigenvalue weighted by molar-refractivity contribution is 6.31. The number of carbonyl (C=O) groups excluding carboxylic acids is 1. The number of aromatic nitrogens is 1. The Bertz CT molecular complexity index is 938. The van der Waals surface area contributed by atoms with Gasteiger partial charge in [-0.3, -0.25) is 9.78 Å². The maximum Gasteiger partial charge on any atom is 0.226 e. The lowest BCUT2D eigenvalue weighted by atomic mass is 10.2. The number of fused-ring (bicyclic) bond motifs is 1. The molecule has 1 aromatic heterocycles. The number of hydrogen-bond acceptors (Lipinski definition) is 4. The minimum absolute atomic E-state index is 0.106. The Morgan fingerprint density at radius 1 is 1.19 bits per heavy atom. The first-order chi connectivity index (χ1) is 12.6. The summed E-state index contributed by atoms with van der Waals surface area (Å²) in [6.07, 6.45) is 2.07. The van der Waals surface area contributed by atoms with Crippen molar-refractivity contribution < 1.29 is 9.53 Å². The second-order valence-electron chi connectivity index (χ2n) is 5.91. The molecule has 0 aliphatic heterocycles. The monoisotopic (exact) mass is 369 g/mol. The standard InChI is InChI=1S/C20H20ClN3O2/c1-13-11-17(18(26-2)12-15(13)21)24-19(25)8-10-22-16-7-3-5-14-6-4-9-23-20(14)16/h3-7,9,11-12,22H,8,10H2,1-2H3,(H,24,25). The zero-order valence-corrected chi connectivity index (χ0v) is 15.4. The van der Waals surface area contributed by atoms with E-state index in [1.54, 1.807) is 25.4 Å². The number of pyridine rings is 1. The van der Waals surface area contributed by atoms with Crippen LogP contribution < -0.4 is 15.4 Å². The molecule has 6 heteroatoms. The Hall–Kier alpha value is -2.79.